The zero-order valence-electron chi connectivity index (χ0n) is 16.5. The fourth-order valence-electron chi connectivity index (χ4n) is 3.00. The number of rotatable bonds is 6. The number of nitrogens with zero attached hydrogens (tertiary/aromatic N) is 2. The van der Waals surface area contributed by atoms with Crippen LogP contribution in [-0.4, -0.2) is 15.8 Å². The predicted octanol–water partition coefficient (Wildman–Crippen LogP) is 6.02. The molecular weight excluding hydrogens is 412 g/mol. The number of hydrogen-bond donors (Lipinski definition) is 2. The molecule has 2 N–H and O–H groups in total. The van der Waals surface area contributed by atoms with Gasteiger partial charge in [0.25, 0.3) is 11.6 Å². The molecule has 1 amide bonds. The minimum Gasteiger partial charge on any atom is -0.332 e. The number of nitro groups is 1. The standard InChI is InChI=1S/C23H18N4O3S/c1-15-4-2-6-19(12-15)25-23-26-21(14-31-23)16-8-10-18(11-9-16)24-22(28)17-5-3-7-20(13-17)27(29)30/h2-14H,1H3,(H,24,28)(H,25,26). The number of thiazole rings is 1. The van der Waals surface area contributed by atoms with Gasteiger partial charge in [-0.15, -0.1) is 11.3 Å². The van der Waals surface area contributed by atoms with Crippen molar-refractivity contribution in [2.75, 3.05) is 10.6 Å². The van der Waals surface area contributed by atoms with Gasteiger partial charge in [-0.3, -0.25) is 14.9 Å². The van der Waals surface area contributed by atoms with Gasteiger partial charge in [0.1, 0.15) is 0 Å². The summed E-state index contributed by atoms with van der Waals surface area (Å²) < 4.78 is 0. The van der Waals surface area contributed by atoms with Gasteiger partial charge in [0.05, 0.1) is 10.6 Å². The first kappa shape index (κ1) is 20.2. The summed E-state index contributed by atoms with van der Waals surface area (Å²) in [5.74, 6) is -0.408. The molecule has 0 radical (unpaired) electrons. The number of carbonyl (C=O) groups is 1. The van der Waals surface area contributed by atoms with Crippen LogP contribution in [0.5, 0.6) is 0 Å². The van der Waals surface area contributed by atoms with Crippen molar-refractivity contribution in [1.82, 2.24) is 4.98 Å². The van der Waals surface area contributed by atoms with Gasteiger partial charge >= 0.3 is 0 Å². The monoisotopic (exact) mass is 430 g/mol. The smallest absolute Gasteiger partial charge is 0.270 e. The Kier molecular flexibility index (Phi) is 5.72. The van der Waals surface area contributed by atoms with Crippen LogP contribution in [-0.2, 0) is 0 Å². The lowest BCUT2D eigenvalue weighted by atomic mass is 10.1. The van der Waals surface area contributed by atoms with Crippen LogP contribution in [0.4, 0.5) is 22.2 Å². The molecule has 0 saturated heterocycles. The third kappa shape index (κ3) is 4.93. The Balaban J connectivity index is 1.44. The number of non-ortho nitro benzene ring substituents is 1. The van der Waals surface area contributed by atoms with Gasteiger partial charge in [0, 0.05) is 40.0 Å². The highest BCUT2D eigenvalue weighted by atomic mass is 32.1. The van der Waals surface area contributed by atoms with Crippen molar-refractivity contribution in [3.63, 3.8) is 0 Å². The Labute approximate surface area is 182 Å². The molecule has 3 aromatic carbocycles. The van der Waals surface area contributed by atoms with Crippen molar-refractivity contribution < 1.29 is 9.72 Å². The van der Waals surface area contributed by atoms with E-state index in [0.29, 0.717) is 5.69 Å². The summed E-state index contributed by atoms with van der Waals surface area (Å²) >= 11 is 1.51. The highest BCUT2D eigenvalue weighted by Crippen LogP contribution is 2.28. The third-order valence-corrected chi connectivity index (χ3v) is 5.29. The van der Waals surface area contributed by atoms with Gasteiger partial charge in [0.2, 0.25) is 0 Å². The van der Waals surface area contributed by atoms with Crippen LogP contribution in [0.3, 0.4) is 0 Å². The fraction of sp³-hybridized carbons (Fsp3) is 0.0435. The molecular formula is C23H18N4O3S. The maximum absolute atomic E-state index is 12.4. The first-order chi connectivity index (χ1) is 15.0. The summed E-state index contributed by atoms with van der Waals surface area (Å²) in [6.45, 7) is 2.04. The van der Waals surface area contributed by atoms with Crippen molar-refractivity contribution >= 4 is 39.4 Å². The Hall–Kier alpha value is -4.04. The molecule has 0 aliphatic heterocycles. The average molecular weight is 430 g/mol. The Bertz CT molecular complexity index is 1250. The van der Waals surface area contributed by atoms with Crippen molar-refractivity contribution in [2.24, 2.45) is 0 Å². The van der Waals surface area contributed by atoms with E-state index in [1.54, 1.807) is 12.1 Å². The van der Waals surface area contributed by atoms with E-state index in [1.807, 2.05) is 42.6 Å². The highest BCUT2D eigenvalue weighted by Gasteiger charge is 2.12. The molecule has 0 bridgehead atoms. The van der Waals surface area contributed by atoms with Crippen molar-refractivity contribution in [1.29, 1.82) is 0 Å². The van der Waals surface area contributed by atoms with Crippen LogP contribution < -0.4 is 10.6 Å². The molecule has 1 aromatic heterocycles. The maximum Gasteiger partial charge on any atom is 0.270 e. The van der Waals surface area contributed by atoms with Gasteiger partial charge < -0.3 is 10.6 Å². The fourth-order valence-corrected chi connectivity index (χ4v) is 3.74. The summed E-state index contributed by atoms with van der Waals surface area (Å²) in [5.41, 5.74) is 4.60. The quantitative estimate of drug-likeness (QED) is 0.288. The van der Waals surface area contributed by atoms with Crippen LogP contribution in [0.1, 0.15) is 15.9 Å². The minimum atomic E-state index is -0.526. The summed E-state index contributed by atoms with van der Waals surface area (Å²) in [5, 5.41) is 19.7. The Morgan fingerprint density at radius 2 is 1.77 bits per heavy atom. The Morgan fingerprint density at radius 3 is 2.52 bits per heavy atom. The molecule has 0 atom stereocenters. The summed E-state index contributed by atoms with van der Waals surface area (Å²) in [7, 11) is 0. The molecule has 0 aliphatic carbocycles. The lowest BCUT2D eigenvalue weighted by molar-refractivity contribution is -0.384. The van der Waals surface area contributed by atoms with Crippen LogP contribution >= 0.6 is 11.3 Å². The Morgan fingerprint density at radius 1 is 1.00 bits per heavy atom. The van der Waals surface area contributed by atoms with Crippen LogP contribution in [0.2, 0.25) is 0 Å². The number of carbonyl (C=O) groups excluding carboxylic acids is 1. The lowest BCUT2D eigenvalue weighted by Crippen LogP contribution is -2.11. The SMILES string of the molecule is Cc1cccc(Nc2nc(-c3ccc(NC(=O)c4cccc([N+](=O)[O-])c4)cc3)cs2)c1. The number of aryl methyl sites for hydroxylation is 1. The van der Waals surface area contributed by atoms with Crippen LogP contribution in [0.15, 0.2) is 78.2 Å². The second-order valence-corrected chi connectivity index (χ2v) is 7.73. The molecule has 1 heterocycles. The second kappa shape index (κ2) is 8.76. The van der Waals surface area contributed by atoms with Crippen molar-refractivity contribution in [3.8, 4) is 11.3 Å². The molecule has 0 saturated carbocycles. The molecule has 154 valence electrons. The van der Waals surface area contributed by atoms with E-state index < -0.39 is 10.8 Å². The minimum absolute atomic E-state index is 0.124. The highest BCUT2D eigenvalue weighted by molar-refractivity contribution is 7.14. The predicted molar refractivity (Wildman–Crippen MR) is 123 cm³/mol. The number of nitro benzene ring substituents is 1. The van der Waals surface area contributed by atoms with Crippen LogP contribution in [0, 0.1) is 17.0 Å². The number of amides is 1. The normalized spacial score (nSPS) is 10.5. The van der Waals surface area contributed by atoms with Crippen molar-refractivity contribution in [3.05, 3.63) is 99.4 Å². The molecule has 0 fully saturated rings. The van der Waals surface area contributed by atoms with E-state index in [-0.39, 0.29) is 11.3 Å². The van der Waals surface area contributed by atoms with Gasteiger partial charge in [-0.05, 0) is 42.8 Å². The molecule has 31 heavy (non-hydrogen) atoms. The first-order valence-electron chi connectivity index (χ1n) is 9.43. The molecule has 7 nitrogen and oxygen atoms in total. The van der Waals surface area contributed by atoms with Gasteiger partial charge in [-0.2, -0.15) is 0 Å². The molecule has 0 unspecified atom stereocenters. The number of nitrogens with one attached hydrogen (secondary N) is 2. The van der Waals surface area contributed by atoms with E-state index in [2.05, 4.69) is 21.7 Å². The van der Waals surface area contributed by atoms with Crippen molar-refractivity contribution in [2.45, 2.75) is 6.92 Å². The number of benzene rings is 3. The average Bonchev–Trinajstić information content (AvgIpc) is 3.23. The summed E-state index contributed by atoms with van der Waals surface area (Å²) in [4.78, 5) is 27.4. The van der Waals surface area contributed by atoms with Gasteiger partial charge in [-0.25, -0.2) is 4.98 Å². The molecule has 0 aliphatic rings. The number of anilines is 3. The zero-order chi connectivity index (χ0) is 21.8. The molecule has 4 rings (SSSR count). The van der Waals surface area contributed by atoms with E-state index in [4.69, 9.17) is 0 Å². The zero-order valence-corrected chi connectivity index (χ0v) is 17.3. The third-order valence-electron chi connectivity index (χ3n) is 4.53. The number of aromatic nitrogens is 1. The second-order valence-electron chi connectivity index (χ2n) is 6.87. The van der Waals surface area contributed by atoms with E-state index in [0.717, 1.165) is 22.1 Å². The lowest BCUT2D eigenvalue weighted by Gasteiger charge is -2.06. The maximum atomic E-state index is 12.4. The molecule has 8 heteroatoms. The molecule has 0 spiro atoms. The van der Waals surface area contributed by atoms with Gasteiger partial charge in [-0.1, -0.05) is 30.3 Å². The summed E-state index contributed by atoms with van der Waals surface area (Å²) in [6.07, 6.45) is 0. The largest absolute Gasteiger partial charge is 0.332 e. The summed E-state index contributed by atoms with van der Waals surface area (Å²) in [6, 6.07) is 21.0. The van der Waals surface area contributed by atoms with E-state index in [1.165, 1.54) is 41.2 Å². The van der Waals surface area contributed by atoms with Crippen LogP contribution in [0.25, 0.3) is 11.3 Å². The first-order valence-corrected chi connectivity index (χ1v) is 10.3. The van der Waals surface area contributed by atoms with E-state index >= 15 is 0 Å². The van der Waals surface area contributed by atoms with Gasteiger partial charge in [0.15, 0.2) is 5.13 Å². The topological polar surface area (TPSA) is 97.2 Å². The molecule has 4 aromatic rings. The number of hydrogen-bond acceptors (Lipinski definition) is 6. The van der Waals surface area contributed by atoms with E-state index in [9.17, 15) is 14.9 Å².